The monoisotopic (exact) mass is 267 g/mol. The molecule has 2 heteroatoms. The quantitative estimate of drug-likeness (QED) is 0.555. The molecular weight excluding hydrogens is 238 g/mol. The Balaban J connectivity index is 2.39. The van der Waals surface area contributed by atoms with Crippen molar-refractivity contribution in [1.82, 2.24) is 5.32 Å². The highest BCUT2D eigenvalue weighted by Crippen LogP contribution is 2.28. The molecule has 1 atom stereocenters. The predicted molar refractivity (Wildman–Crippen MR) is 83.5 cm³/mol. The molecule has 0 amide bonds. The van der Waals surface area contributed by atoms with Crippen molar-refractivity contribution in [1.29, 1.82) is 0 Å². The fourth-order valence-corrected chi connectivity index (χ4v) is 3.38. The van der Waals surface area contributed by atoms with Crippen LogP contribution in [0.25, 0.3) is 0 Å². The summed E-state index contributed by atoms with van der Waals surface area (Å²) in [6, 6.07) is 2.84. The van der Waals surface area contributed by atoms with E-state index in [4.69, 9.17) is 0 Å². The Hall–Kier alpha value is -0.340. The van der Waals surface area contributed by atoms with Gasteiger partial charge in [0.15, 0.2) is 0 Å². The van der Waals surface area contributed by atoms with Crippen molar-refractivity contribution in [2.24, 2.45) is 0 Å². The van der Waals surface area contributed by atoms with Crippen LogP contribution in [0.1, 0.15) is 75.3 Å². The van der Waals surface area contributed by atoms with Crippen molar-refractivity contribution >= 4 is 11.3 Å². The van der Waals surface area contributed by atoms with Crippen molar-refractivity contribution in [3.05, 3.63) is 21.9 Å². The van der Waals surface area contributed by atoms with E-state index in [0.29, 0.717) is 6.04 Å². The minimum Gasteiger partial charge on any atom is -0.309 e. The molecule has 1 rings (SSSR count). The second kappa shape index (κ2) is 9.57. The van der Waals surface area contributed by atoms with Crippen LogP contribution in [0, 0.1) is 6.92 Å². The molecule has 1 aromatic rings. The first kappa shape index (κ1) is 15.7. The van der Waals surface area contributed by atoms with Crippen LogP contribution in [0.4, 0.5) is 0 Å². The summed E-state index contributed by atoms with van der Waals surface area (Å²) in [5, 5.41) is 5.94. The lowest BCUT2D eigenvalue weighted by molar-refractivity contribution is 0.472. The summed E-state index contributed by atoms with van der Waals surface area (Å²) in [6.45, 7) is 7.90. The zero-order valence-corrected chi connectivity index (χ0v) is 13.1. The Bertz CT molecular complexity index is 306. The number of nitrogens with one attached hydrogen (secondary N) is 1. The molecular formula is C16H29NS. The van der Waals surface area contributed by atoms with E-state index in [0.717, 1.165) is 6.54 Å². The van der Waals surface area contributed by atoms with Crippen LogP contribution >= 0.6 is 11.3 Å². The number of thiophene rings is 1. The van der Waals surface area contributed by atoms with Gasteiger partial charge in [-0.25, -0.2) is 0 Å². The Morgan fingerprint density at radius 2 is 1.89 bits per heavy atom. The predicted octanol–water partition coefficient (Wildman–Crippen LogP) is 5.46. The molecule has 0 bridgehead atoms. The first-order valence-electron chi connectivity index (χ1n) is 7.57. The number of hydrogen-bond donors (Lipinski definition) is 1. The van der Waals surface area contributed by atoms with Crippen LogP contribution in [-0.4, -0.2) is 6.54 Å². The standard InChI is InChI=1S/C16H29NS/c1-4-6-7-8-9-10-15(17-12-5-2)16-14(3)11-13-18-16/h11,13,15,17H,4-10,12H2,1-3H3. The molecule has 0 aromatic carbocycles. The molecule has 0 saturated heterocycles. The van der Waals surface area contributed by atoms with E-state index < -0.39 is 0 Å². The molecule has 1 unspecified atom stereocenters. The van der Waals surface area contributed by atoms with Gasteiger partial charge in [0.25, 0.3) is 0 Å². The largest absolute Gasteiger partial charge is 0.309 e. The number of unbranched alkanes of at least 4 members (excludes halogenated alkanes) is 4. The Kier molecular flexibility index (Phi) is 8.36. The molecule has 0 radical (unpaired) electrons. The average molecular weight is 267 g/mol. The van der Waals surface area contributed by atoms with Gasteiger partial charge in [-0.1, -0.05) is 46.0 Å². The first-order chi connectivity index (χ1) is 8.79. The van der Waals surface area contributed by atoms with Crippen molar-refractivity contribution in [3.63, 3.8) is 0 Å². The molecule has 1 aromatic heterocycles. The maximum atomic E-state index is 3.71. The third-order valence-corrected chi connectivity index (χ3v) is 4.59. The zero-order valence-electron chi connectivity index (χ0n) is 12.3. The topological polar surface area (TPSA) is 12.0 Å². The fraction of sp³-hybridized carbons (Fsp3) is 0.750. The Morgan fingerprint density at radius 3 is 2.50 bits per heavy atom. The summed E-state index contributed by atoms with van der Waals surface area (Å²) in [5.74, 6) is 0. The fourth-order valence-electron chi connectivity index (χ4n) is 2.34. The summed E-state index contributed by atoms with van der Waals surface area (Å²) < 4.78 is 0. The van der Waals surface area contributed by atoms with Crippen molar-refractivity contribution in [3.8, 4) is 0 Å². The Morgan fingerprint density at radius 1 is 1.11 bits per heavy atom. The normalized spacial score (nSPS) is 12.8. The van der Waals surface area contributed by atoms with Gasteiger partial charge in [-0.2, -0.15) is 0 Å². The van der Waals surface area contributed by atoms with Crippen LogP contribution in [-0.2, 0) is 0 Å². The number of hydrogen-bond acceptors (Lipinski definition) is 2. The van der Waals surface area contributed by atoms with Crippen molar-refractivity contribution in [2.45, 2.75) is 71.8 Å². The summed E-state index contributed by atoms with van der Waals surface area (Å²) in [6.07, 6.45) is 9.40. The van der Waals surface area contributed by atoms with E-state index in [1.165, 1.54) is 50.5 Å². The lowest BCUT2D eigenvalue weighted by Crippen LogP contribution is -2.21. The molecule has 0 fully saturated rings. The molecule has 1 N–H and O–H groups in total. The highest BCUT2D eigenvalue weighted by Gasteiger charge is 2.13. The van der Waals surface area contributed by atoms with E-state index in [-0.39, 0.29) is 0 Å². The van der Waals surface area contributed by atoms with E-state index in [9.17, 15) is 0 Å². The second-order valence-corrected chi connectivity index (χ2v) is 6.13. The molecule has 0 aliphatic carbocycles. The molecule has 0 aliphatic heterocycles. The van der Waals surface area contributed by atoms with Crippen LogP contribution < -0.4 is 5.32 Å². The molecule has 18 heavy (non-hydrogen) atoms. The summed E-state index contributed by atoms with van der Waals surface area (Å²) >= 11 is 1.91. The van der Waals surface area contributed by atoms with E-state index in [1.54, 1.807) is 4.88 Å². The summed E-state index contributed by atoms with van der Waals surface area (Å²) in [7, 11) is 0. The highest BCUT2D eigenvalue weighted by atomic mass is 32.1. The lowest BCUT2D eigenvalue weighted by Gasteiger charge is -2.18. The van der Waals surface area contributed by atoms with Gasteiger partial charge in [-0.15, -0.1) is 11.3 Å². The third kappa shape index (κ3) is 5.53. The van der Waals surface area contributed by atoms with Crippen molar-refractivity contribution < 1.29 is 0 Å². The first-order valence-corrected chi connectivity index (χ1v) is 8.44. The average Bonchev–Trinajstić information content (AvgIpc) is 2.79. The van der Waals surface area contributed by atoms with Crippen LogP contribution in [0.2, 0.25) is 0 Å². The molecule has 0 saturated carbocycles. The van der Waals surface area contributed by atoms with Gasteiger partial charge in [0.2, 0.25) is 0 Å². The Labute approximate surface area is 117 Å². The summed E-state index contributed by atoms with van der Waals surface area (Å²) in [4.78, 5) is 1.55. The second-order valence-electron chi connectivity index (χ2n) is 5.18. The molecule has 1 nitrogen and oxygen atoms in total. The van der Waals surface area contributed by atoms with Gasteiger partial charge in [-0.3, -0.25) is 0 Å². The number of aryl methyl sites for hydroxylation is 1. The highest BCUT2D eigenvalue weighted by molar-refractivity contribution is 7.10. The third-order valence-electron chi connectivity index (χ3n) is 3.46. The molecule has 104 valence electrons. The zero-order chi connectivity index (χ0) is 13.2. The molecule has 0 spiro atoms. The SMILES string of the molecule is CCCCCCCC(NCCC)c1sccc1C. The van der Waals surface area contributed by atoms with Gasteiger partial charge in [-0.05, 0) is 43.3 Å². The van der Waals surface area contributed by atoms with Crippen LogP contribution in [0.15, 0.2) is 11.4 Å². The van der Waals surface area contributed by atoms with E-state index >= 15 is 0 Å². The van der Waals surface area contributed by atoms with Crippen LogP contribution in [0.5, 0.6) is 0 Å². The van der Waals surface area contributed by atoms with Crippen LogP contribution in [0.3, 0.4) is 0 Å². The minimum atomic E-state index is 0.589. The lowest BCUT2D eigenvalue weighted by atomic mass is 10.0. The van der Waals surface area contributed by atoms with Gasteiger partial charge in [0, 0.05) is 10.9 Å². The van der Waals surface area contributed by atoms with E-state index in [2.05, 4.69) is 37.5 Å². The molecule has 1 heterocycles. The van der Waals surface area contributed by atoms with Gasteiger partial charge in [0.1, 0.15) is 0 Å². The van der Waals surface area contributed by atoms with Gasteiger partial charge < -0.3 is 5.32 Å². The maximum Gasteiger partial charge on any atom is 0.0417 e. The van der Waals surface area contributed by atoms with E-state index in [1.807, 2.05) is 11.3 Å². The van der Waals surface area contributed by atoms with Gasteiger partial charge >= 0.3 is 0 Å². The maximum absolute atomic E-state index is 3.71. The minimum absolute atomic E-state index is 0.589. The smallest absolute Gasteiger partial charge is 0.0417 e. The molecule has 0 aliphatic rings. The van der Waals surface area contributed by atoms with Gasteiger partial charge in [0.05, 0.1) is 0 Å². The van der Waals surface area contributed by atoms with Crippen molar-refractivity contribution in [2.75, 3.05) is 6.54 Å². The summed E-state index contributed by atoms with van der Waals surface area (Å²) in [5.41, 5.74) is 1.46. The number of rotatable bonds is 10.